The van der Waals surface area contributed by atoms with Gasteiger partial charge in [-0.3, -0.25) is 9.59 Å². The molecule has 0 radical (unpaired) electrons. The molecule has 0 atom stereocenters. The number of rotatable bonds is 7. The van der Waals surface area contributed by atoms with Gasteiger partial charge in [-0.25, -0.2) is 9.69 Å². The van der Waals surface area contributed by atoms with E-state index in [9.17, 15) is 14.4 Å². The second kappa shape index (κ2) is 9.13. The van der Waals surface area contributed by atoms with Gasteiger partial charge in [0.1, 0.15) is 10.7 Å². The molecule has 0 aromatic heterocycles. The van der Waals surface area contributed by atoms with Gasteiger partial charge in [-0.2, -0.15) is 0 Å². The van der Waals surface area contributed by atoms with Crippen LogP contribution in [0.4, 0.5) is 11.4 Å². The summed E-state index contributed by atoms with van der Waals surface area (Å²) in [7, 11) is 0. The number of unbranched alkanes of at least 4 members (excludes halogenated alkanes) is 1. The summed E-state index contributed by atoms with van der Waals surface area (Å²) in [4.78, 5) is 38.8. The minimum atomic E-state index is -0.649. The summed E-state index contributed by atoms with van der Waals surface area (Å²) in [6.07, 6.45) is 1.67. The number of anilines is 2. The van der Waals surface area contributed by atoms with Crippen molar-refractivity contribution in [1.29, 1.82) is 0 Å². The van der Waals surface area contributed by atoms with Crippen LogP contribution in [0.25, 0.3) is 0 Å². The predicted molar refractivity (Wildman–Crippen MR) is 117 cm³/mol. The van der Waals surface area contributed by atoms with Gasteiger partial charge in [-0.1, -0.05) is 37.1 Å². The second-order valence-corrected chi connectivity index (χ2v) is 7.48. The van der Waals surface area contributed by atoms with E-state index in [-0.39, 0.29) is 22.0 Å². The normalized spacial score (nSPS) is 13.8. The molecule has 2 aromatic carbocycles. The molecule has 156 valence electrons. The van der Waals surface area contributed by atoms with Crippen LogP contribution in [0.3, 0.4) is 0 Å². The third-order valence-corrected chi connectivity index (χ3v) is 5.23. The molecule has 0 unspecified atom stereocenters. The maximum Gasteiger partial charge on any atom is 0.338 e. The first kappa shape index (κ1) is 21.6. The number of aryl methyl sites for hydroxylation is 2. The van der Waals surface area contributed by atoms with Crippen molar-refractivity contribution in [1.82, 2.24) is 0 Å². The number of imide groups is 1. The lowest BCUT2D eigenvalue weighted by Gasteiger charge is -2.16. The number of nitrogens with zero attached hydrogens (tertiary/aromatic N) is 1. The van der Waals surface area contributed by atoms with Crippen LogP contribution in [-0.2, 0) is 14.3 Å². The molecule has 0 spiro atoms. The number of carbonyl (C=O) groups excluding carboxylic acids is 3. The molecule has 0 saturated heterocycles. The zero-order chi connectivity index (χ0) is 21.8. The van der Waals surface area contributed by atoms with Crippen LogP contribution < -0.4 is 10.2 Å². The number of hydrogen-bond acceptors (Lipinski definition) is 5. The number of halogens is 1. The monoisotopic (exact) mass is 426 g/mol. The zero-order valence-electron chi connectivity index (χ0n) is 17.1. The summed E-state index contributed by atoms with van der Waals surface area (Å²) in [6.45, 7) is 6.25. The fourth-order valence-electron chi connectivity index (χ4n) is 2.97. The molecule has 30 heavy (non-hydrogen) atoms. The van der Waals surface area contributed by atoms with E-state index >= 15 is 0 Å². The van der Waals surface area contributed by atoms with E-state index < -0.39 is 17.8 Å². The minimum Gasteiger partial charge on any atom is -0.462 e. The maximum absolute atomic E-state index is 13.0. The topological polar surface area (TPSA) is 75.7 Å². The van der Waals surface area contributed by atoms with Gasteiger partial charge >= 0.3 is 5.97 Å². The van der Waals surface area contributed by atoms with Crippen LogP contribution >= 0.6 is 11.6 Å². The second-order valence-electron chi connectivity index (χ2n) is 7.10. The zero-order valence-corrected chi connectivity index (χ0v) is 17.9. The van der Waals surface area contributed by atoms with E-state index in [2.05, 4.69) is 5.32 Å². The third-order valence-electron chi connectivity index (χ3n) is 4.87. The van der Waals surface area contributed by atoms with Crippen molar-refractivity contribution in [2.45, 2.75) is 33.6 Å². The van der Waals surface area contributed by atoms with Crippen LogP contribution in [-0.4, -0.2) is 24.4 Å². The average molecular weight is 427 g/mol. The number of benzene rings is 2. The Labute approximate surface area is 180 Å². The van der Waals surface area contributed by atoms with Crippen molar-refractivity contribution in [3.05, 3.63) is 69.9 Å². The van der Waals surface area contributed by atoms with Crippen LogP contribution in [0, 0.1) is 13.8 Å². The summed E-state index contributed by atoms with van der Waals surface area (Å²) in [5, 5.41) is 2.75. The molecule has 6 nitrogen and oxygen atoms in total. The Morgan fingerprint density at radius 2 is 1.83 bits per heavy atom. The predicted octanol–water partition coefficient (Wildman–Crippen LogP) is 4.70. The van der Waals surface area contributed by atoms with Crippen molar-refractivity contribution in [2.24, 2.45) is 0 Å². The van der Waals surface area contributed by atoms with Crippen molar-refractivity contribution in [2.75, 3.05) is 16.8 Å². The van der Waals surface area contributed by atoms with Crippen molar-refractivity contribution < 1.29 is 19.1 Å². The lowest BCUT2D eigenvalue weighted by atomic mass is 10.1. The van der Waals surface area contributed by atoms with E-state index in [0.29, 0.717) is 12.3 Å². The fraction of sp³-hybridized carbons (Fsp3) is 0.261. The van der Waals surface area contributed by atoms with E-state index in [4.69, 9.17) is 16.3 Å². The molecular formula is C23H23ClN2O4. The van der Waals surface area contributed by atoms with Crippen molar-refractivity contribution in [3.63, 3.8) is 0 Å². The molecule has 0 saturated carbocycles. The molecule has 7 heteroatoms. The summed E-state index contributed by atoms with van der Waals surface area (Å²) >= 11 is 6.19. The first-order valence-corrected chi connectivity index (χ1v) is 10.1. The Bertz CT molecular complexity index is 1050. The van der Waals surface area contributed by atoms with Gasteiger partial charge < -0.3 is 10.1 Å². The summed E-state index contributed by atoms with van der Waals surface area (Å²) in [6, 6.07) is 11.8. The minimum absolute atomic E-state index is 0.000783. The number of ether oxygens (including phenoxy) is 1. The number of nitrogens with one attached hydrogen (secondary N) is 1. The SMILES string of the molecule is CCCCOC(=O)c1cccc(N2C(=O)C(Cl)=C(Nc3ccc(C)c(C)c3)C2=O)c1. The molecule has 1 heterocycles. The molecular weight excluding hydrogens is 404 g/mol. The molecule has 3 rings (SSSR count). The smallest absolute Gasteiger partial charge is 0.338 e. The largest absolute Gasteiger partial charge is 0.462 e. The lowest BCUT2D eigenvalue weighted by molar-refractivity contribution is -0.120. The fourth-order valence-corrected chi connectivity index (χ4v) is 3.19. The number of carbonyl (C=O) groups is 3. The van der Waals surface area contributed by atoms with Crippen LogP contribution in [0.5, 0.6) is 0 Å². The van der Waals surface area contributed by atoms with Crippen molar-refractivity contribution in [3.8, 4) is 0 Å². The highest BCUT2D eigenvalue weighted by Crippen LogP contribution is 2.31. The van der Waals surface area contributed by atoms with Gasteiger partial charge in [0.25, 0.3) is 11.8 Å². The van der Waals surface area contributed by atoms with Crippen LogP contribution in [0.1, 0.15) is 41.3 Å². The van der Waals surface area contributed by atoms with Crippen LogP contribution in [0.2, 0.25) is 0 Å². The van der Waals surface area contributed by atoms with E-state index in [1.165, 1.54) is 6.07 Å². The number of esters is 1. The summed E-state index contributed by atoms with van der Waals surface area (Å²) in [5.41, 5.74) is 3.32. The molecule has 2 amide bonds. The van der Waals surface area contributed by atoms with Gasteiger partial charge in [0.2, 0.25) is 0 Å². The van der Waals surface area contributed by atoms with Gasteiger partial charge in [-0.05, 0) is 61.7 Å². The standard InChI is InChI=1S/C23H23ClN2O4/c1-4-5-11-30-23(29)16-7-6-8-18(13-16)26-21(27)19(24)20(22(26)28)25-17-10-9-14(2)15(3)12-17/h6-10,12-13,25H,4-5,11H2,1-3H3. The van der Waals surface area contributed by atoms with Gasteiger partial charge in [0.05, 0.1) is 17.9 Å². The number of hydrogen-bond donors (Lipinski definition) is 1. The first-order chi connectivity index (χ1) is 14.3. The van der Waals surface area contributed by atoms with E-state index in [1.54, 1.807) is 18.2 Å². The Kier molecular flexibility index (Phi) is 6.57. The highest BCUT2D eigenvalue weighted by molar-refractivity contribution is 6.53. The average Bonchev–Trinajstić information content (AvgIpc) is 2.94. The lowest BCUT2D eigenvalue weighted by Crippen LogP contribution is -2.32. The van der Waals surface area contributed by atoms with Crippen molar-refractivity contribution >= 4 is 40.8 Å². The maximum atomic E-state index is 13.0. The molecule has 1 aliphatic heterocycles. The van der Waals surface area contributed by atoms with Crippen LogP contribution in [0.15, 0.2) is 53.2 Å². The Morgan fingerprint density at radius 3 is 2.53 bits per heavy atom. The van der Waals surface area contributed by atoms with Gasteiger partial charge in [0.15, 0.2) is 0 Å². The molecule has 0 fully saturated rings. The quantitative estimate of drug-likeness (QED) is 0.394. The molecule has 1 aliphatic rings. The van der Waals surface area contributed by atoms with E-state index in [1.807, 2.05) is 39.0 Å². The van der Waals surface area contributed by atoms with Gasteiger partial charge in [0, 0.05) is 5.69 Å². The Hall–Kier alpha value is -3.12. The molecule has 0 bridgehead atoms. The highest BCUT2D eigenvalue weighted by atomic mass is 35.5. The first-order valence-electron chi connectivity index (χ1n) is 9.73. The Morgan fingerprint density at radius 1 is 1.07 bits per heavy atom. The summed E-state index contributed by atoms with van der Waals surface area (Å²) < 4.78 is 5.21. The highest BCUT2D eigenvalue weighted by Gasteiger charge is 2.39. The third kappa shape index (κ3) is 4.39. The summed E-state index contributed by atoms with van der Waals surface area (Å²) in [5.74, 6) is -1.74. The molecule has 0 aliphatic carbocycles. The Balaban J connectivity index is 1.82. The number of amides is 2. The molecule has 1 N–H and O–H groups in total. The van der Waals surface area contributed by atoms with Gasteiger partial charge in [-0.15, -0.1) is 0 Å². The van der Waals surface area contributed by atoms with E-state index in [0.717, 1.165) is 28.9 Å². The molecule has 2 aromatic rings.